The molecule has 1 aromatic carbocycles. The zero-order valence-corrected chi connectivity index (χ0v) is 20.5. The van der Waals surface area contributed by atoms with Crippen LogP contribution >= 0.6 is 0 Å². The minimum absolute atomic E-state index is 0.140. The third-order valence-corrected chi connectivity index (χ3v) is 10.6. The van der Waals surface area contributed by atoms with Gasteiger partial charge in [-0.25, -0.2) is 4.98 Å². The highest BCUT2D eigenvalue weighted by atomic mass is 28.4. The molecule has 0 fully saturated rings. The Morgan fingerprint density at radius 2 is 1.90 bits per heavy atom. The summed E-state index contributed by atoms with van der Waals surface area (Å²) in [6, 6.07) is 6.22. The van der Waals surface area contributed by atoms with Crippen LogP contribution in [-0.4, -0.2) is 32.0 Å². The molecule has 166 valence electrons. The van der Waals surface area contributed by atoms with Crippen LogP contribution in [-0.2, 0) is 17.3 Å². The number of aromatic nitrogens is 2. The van der Waals surface area contributed by atoms with E-state index >= 15 is 0 Å². The Kier molecular flexibility index (Phi) is 7.88. The number of nitrogen functional groups attached to an aromatic ring is 1. The molecule has 2 aromatic rings. The quantitative estimate of drug-likeness (QED) is 0.447. The summed E-state index contributed by atoms with van der Waals surface area (Å²) in [5.74, 6) is 0.932. The normalized spacial score (nSPS) is 12.2. The third kappa shape index (κ3) is 6.19. The van der Waals surface area contributed by atoms with Gasteiger partial charge in [-0.05, 0) is 61.5 Å². The second-order valence-electron chi connectivity index (χ2n) is 9.40. The van der Waals surface area contributed by atoms with Gasteiger partial charge in [0.25, 0.3) is 5.56 Å². The Morgan fingerprint density at radius 3 is 2.50 bits per heavy atom. The van der Waals surface area contributed by atoms with Gasteiger partial charge in [0.1, 0.15) is 5.75 Å². The molecule has 1 heterocycles. The lowest BCUT2D eigenvalue weighted by molar-refractivity contribution is 0.279. The molecule has 0 aliphatic carbocycles. The van der Waals surface area contributed by atoms with Crippen LogP contribution in [0.15, 0.2) is 23.0 Å². The number of rotatable bonds is 9. The summed E-state index contributed by atoms with van der Waals surface area (Å²) in [5, 5.41) is 0.246. The first-order valence-electron chi connectivity index (χ1n) is 10.6. The zero-order chi connectivity index (χ0) is 22.5. The molecule has 6 nitrogen and oxygen atoms in total. The minimum atomic E-state index is -1.67. The summed E-state index contributed by atoms with van der Waals surface area (Å²) in [6.07, 6.45) is 3.54. The lowest BCUT2D eigenvalue weighted by Gasteiger charge is -2.36. The van der Waals surface area contributed by atoms with E-state index in [1.165, 1.54) is 5.56 Å². The van der Waals surface area contributed by atoms with Crippen LogP contribution in [0.1, 0.15) is 56.0 Å². The van der Waals surface area contributed by atoms with Crippen molar-refractivity contribution in [2.24, 2.45) is 0 Å². The average Bonchev–Trinajstić information content (AvgIpc) is 2.63. The highest BCUT2D eigenvalue weighted by Crippen LogP contribution is 2.36. The van der Waals surface area contributed by atoms with Gasteiger partial charge in [0.15, 0.2) is 8.32 Å². The number of aromatic amines is 1. The molecule has 0 radical (unpaired) electrons. The predicted octanol–water partition coefficient (Wildman–Crippen LogP) is 4.60. The number of hydrogen-bond acceptors (Lipinski definition) is 5. The number of methoxy groups -OCH3 is 1. The highest BCUT2D eigenvalue weighted by Gasteiger charge is 2.36. The minimum Gasteiger partial charge on any atom is -0.496 e. The van der Waals surface area contributed by atoms with Gasteiger partial charge in [0, 0.05) is 18.6 Å². The topological polar surface area (TPSA) is 90.2 Å². The monoisotopic (exact) mass is 431 g/mol. The number of aryl methyl sites for hydroxylation is 2. The number of anilines is 1. The van der Waals surface area contributed by atoms with E-state index in [9.17, 15) is 4.79 Å². The molecule has 0 aliphatic rings. The van der Waals surface area contributed by atoms with Crippen LogP contribution in [0.5, 0.6) is 5.75 Å². The second-order valence-corrected chi connectivity index (χ2v) is 14.2. The van der Waals surface area contributed by atoms with Crippen molar-refractivity contribution in [2.75, 3.05) is 19.5 Å². The van der Waals surface area contributed by atoms with E-state index in [0.717, 1.165) is 37.2 Å². The van der Waals surface area contributed by atoms with Crippen molar-refractivity contribution < 1.29 is 9.16 Å². The van der Waals surface area contributed by atoms with Crippen molar-refractivity contribution in [3.05, 3.63) is 50.9 Å². The van der Waals surface area contributed by atoms with Crippen LogP contribution < -0.4 is 16.0 Å². The molecular weight excluding hydrogens is 394 g/mol. The number of hydrogen-bond donors (Lipinski definition) is 2. The Morgan fingerprint density at radius 1 is 1.20 bits per heavy atom. The maximum Gasteiger partial charge on any atom is 0.256 e. The molecule has 30 heavy (non-hydrogen) atoms. The van der Waals surface area contributed by atoms with E-state index in [1.807, 2.05) is 6.07 Å². The number of nitrogens with one attached hydrogen (secondary N) is 1. The highest BCUT2D eigenvalue weighted by molar-refractivity contribution is 6.74. The largest absolute Gasteiger partial charge is 0.496 e. The summed E-state index contributed by atoms with van der Waals surface area (Å²) in [4.78, 5) is 19.0. The van der Waals surface area contributed by atoms with Crippen LogP contribution in [0.2, 0.25) is 18.1 Å². The standard InChI is InChI=1S/C23H37N3O3Si/c1-16-19(21(27)26-22(24)25-16)15-18-12-11-17(14-20(18)28-5)10-8-9-13-29-30(6,7)23(2,3)4/h11-12,14H,8-10,13,15H2,1-7H3,(H3,24,25,26,27). The molecule has 0 atom stereocenters. The maximum absolute atomic E-state index is 12.2. The molecular formula is C23H37N3O3Si. The van der Waals surface area contributed by atoms with Crippen LogP contribution in [0.4, 0.5) is 5.95 Å². The van der Waals surface area contributed by atoms with E-state index in [4.69, 9.17) is 14.9 Å². The fourth-order valence-electron chi connectivity index (χ4n) is 3.10. The molecule has 7 heteroatoms. The first-order valence-corrected chi connectivity index (χ1v) is 13.5. The Bertz CT molecular complexity index is 917. The van der Waals surface area contributed by atoms with Gasteiger partial charge in [-0.15, -0.1) is 0 Å². The molecule has 0 bridgehead atoms. The van der Waals surface area contributed by atoms with Crippen molar-refractivity contribution >= 4 is 14.3 Å². The van der Waals surface area contributed by atoms with Gasteiger partial charge >= 0.3 is 0 Å². The van der Waals surface area contributed by atoms with Gasteiger partial charge in [-0.2, -0.15) is 0 Å². The van der Waals surface area contributed by atoms with E-state index in [0.29, 0.717) is 17.7 Å². The Balaban J connectivity index is 1.97. The van der Waals surface area contributed by atoms with Gasteiger partial charge in [0.05, 0.1) is 12.8 Å². The van der Waals surface area contributed by atoms with Crippen molar-refractivity contribution in [3.63, 3.8) is 0 Å². The summed E-state index contributed by atoms with van der Waals surface area (Å²) in [6.45, 7) is 14.0. The van der Waals surface area contributed by atoms with E-state index in [-0.39, 0.29) is 16.5 Å². The summed E-state index contributed by atoms with van der Waals surface area (Å²) >= 11 is 0. The van der Waals surface area contributed by atoms with Gasteiger partial charge < -0.3 is 14.9 Å². The van der Waals surface area contributed by atoms with Crippen LogP contribution in [0.3, 0.4) is 0 Å². The number of ether oxygens (including phenoxy) is 1. The molecule has 1 aromatic heterocycles. The molecule has 0 unspecified atom stereocenters. The van der Waals surface area contributed by atoms with E-state index in [1.54, 1.807) is 14.0 Å². The average molecular weight is 432 g/mol. The fourth-order valence-corrected chi connectivity index (χ4v) is 4.18. The van der Waals surface area contributed by atoms with E-state index < -0.39 is 8.32 Å². The van der Waals surface area contributed by atoms with Gasteiger partial charge in [-0.1, -0.05) is 32.9 Å². The third-order valence-electron chi connectivity index (χ3n) is 6.09. The lowest BCUT2D eigenvalue weighted by Crippen LogP contribution is -2.40. The molecule has 3 N–H and O–H groups in total. The molecule has 0 spiro atoms. The van der Waals surface area contributed by atoms with Gasteiger partial charge in [0.2, 0.25) is 5.95 Å². The van der Waals surface area contributed by atoms with Crippen molar-refractivity contribution in [1.29, 1.82) is 0 Å². The van der Waals surface area contributed by atoms with Crippen molar-refractivity contribution in [1.82, 2.24) is 9.97 Å². The SMILES string of the molecule is COc1cc(CCCCO[Si](C)(C)C(C)(C)C)ccc1Cc1c(C)nc(N)[nH]c1=O. The smallest absolute Gasteiger partial charge is 0.256 e. The first kappa shape index (κ1) is 24.1. The second kappa shape index (κ2) is 9.79. The predicted molar refractivity (Wildman–Crippen MR) is 126 cm³/mol. The maximum atomic E-state index is 12.2. The number of H-pyrrole nitrogens is 1. The van der Waals surface area contributed by atoms with Gasteiger partial charge in [-0.3, -0.25) is 9.78 Å². The Hall–Kier alpha value is -2.12. The molecule has 0 saturated heterocycles. The molecule has 2 rings (SSSR count). The Labute approximate surface area is 181 Å². The van der Waals surface area contributed by atoms with Crippen LogP contribution in [0, 0.1) is 6.92 Å². The van der Waals surface area contributed by atoms with E-state index in [2.05, 4.69) is 56.0 Å². The number of benzene rings is 1. The summed E-state index contributed by atoms with van der Waals surface area (Å²) in [7, 11) is -0.00683. The number of unbranched alkanes of at least 4 members (excludes halogenated alkanes) is 1. The number of nitrogens with zero attached hydrogens (tertiary/aromatic N) is 1. The summed E-state index contributed by atoms with van der Waals surface area (Å²) < 4.78 is 11.9. The van der Waals surface area contributed by atoms with Crippen LogP contribution in [0.25, 0.3) is 0 Å². The molecule has 0 amide bonds. The lowest BCUT2D eigenvalue weighted by atomic mass is 10.00. The van der Waals surface area contributed by atoms with Crippen molar-refractivity contribution in [3.8, 4) is 5.75 Å². The fraction of sp³-hybridized carbons (Fsp3) is 0.565. The number of nitrogens with two attached hydrogens (primary N) is 1. The summed E-state index contributed by atoms with van der Waals surface area (Å²) in [5.41, 5.74) is 8.85. The zero-order valence-electron chi connectivity index (χ0n) is 19.5. The van der Waals surface area contributed by atoms with Crippen molar-refractivity contribution in [2.45, 2.75) is 71.5 Å². The first-order chi connectivity index (χ1) is 13.9. The molecule has 0 saturated carbocycles. The molecule has 0 aliphatic heterocycles.